The second kappa shape index (κ2) is 10.0. The standard InChI is InChI=1S/C21H19ClFN3O5/c1-12-9-16(17(29-2)10-15(12)22)24-18(27)11-30-20(28)8-7-19-25-21(26-31-19)13-3-5-14(23)6-4-13/h3-6,9-10H,7-8,11H2,1-2H3,(H,24,27). The minimum Gasteiger partial charge on any atom is -0.495 e. The average Bonchev–Trinajstić information content (AvgIpc) is 3.22. The number of aromatic nitrogens is 2. The predicted molar refractivity (Wildman–Crippen MR) is 110 cm³/mol. The number of nitrogens with zero attached hydrogens (tertiary/aromatic N) is 2. The molecule has 0 bridgehead atoms. The van der Waals surface area contributed by atoms with Gasteiger partial charge in [-0.05, 0) is 42.8 Å². The molecule has 0 saturated carbocycles. The van der Waals surface area contributed by atoms with Gasteiger partial charge in [0.25, 0.3) is 5.91 Å². The quantitative estimate of drug-likeness (QED) is 0.521. The molecular formula is C21H19ClFN3O5. The molecule has 31 heavy (non-hydrogen) atoms. The lowest BCUT2D eigenvalue weighted by atomic mass is 10.2. The monoisotopic (exact) mass is 447 g/mol. The number of aryl methyl sites for hydroxylation is 2. The highest BCUT2D eigenvalue weighted by atomic mass is 35.5. The Morgan fingerprint density at radius 1 is 1.23 bits per heavy atom. The Bertz CT molecular complexity index is 1090. The Balaban J connectivity index is 1.47. The number of carbonyl (C=O) groups is 2. The molecule has 0 saturated heterocycles. The van der Waals surface area contributed by atoms with Gasteiger partial charge < -0.3 is 19.3 Å². The van der Waals surface area contributed by atoms with Crippen molar-refractivity contribution in [2.45, 2.75) is 19.8 Å². The van der Waals surface area contributed by atoms with Crippen LogP contribution in [-0.4, -0.2) is 35.7 Å². The molecule has 0 aliphatic heterocycles. The van der Waals surface area contributed by atoms with Crippen LogP contribution in [0, 0.1) is 12.7 Å². The summed E-state index contributed by atoms with van der Waals surface area (Å²) < 4.78 is 28.2. The molecule has 1 heterocycles. The molecule has 0 atom stereocenters. The average molecular weight is 448 g/mol. The summed E-state index contributed by atoms with van der Waals surface area (Å²) in [5, 5.41) is 6.92. The van der Waals surface area contributed by atoms with Crippen LogP contribution in [0.4, 0.5) is 10.1 Å². The second-order valence-corrected chi connectivity index (χ2v) is 6.94. The maximum atomic E-state index is 13.0. The first-order valence-electron chi connectivity index (χ1n) is 9.24. The van der Waals surface area contributed by atoms with Gasteiger partial charge in [-0.25, -0.2) is 4.39 Å². The van der Waals surface area contributed by atoms with Crippen LogP contribution in [0.3, 0.4) is 0 Å². The van der Waals surface area contributed by atoms with Crippen molar-refractivity contribution in [2.75, 3.05) is 19.0 Å². The number of rotatable bonds is 8. The number of methoxy groups -OCH3 is 1. The molecule has 1 N–H and O–H groups in total. The molecule has 1 aromatic heterocycles. The van der Waals surface area contributed by atoms with Gasteiger partial charge in [0.1, 0.15) is 11.6 Å². The molecule has 0 fully saturated rings. The van der Waals surface area contributed by atoms with E-state index in [1.165, 1.54) is 31.4 Å². The van der Waals surface area contributed by atoms with Crippen LogP contribution in [0.15, 0.2) is 40.9 Å². The third-order valence-electron chi connectivity index (χ3n) is 4.23. The Morgan fingerprint density at radius 2 is 1.97 bits per heavy atom. The first kappa shape index (κ1) is 22.2. The maximum Gasteiger partial charge on any atom is 0.306 e. The number of carbonyl (C=O) groups excluding carboxylic acids is 2. The number of esters is 1. The zero-order valence-electron chi connectivity index (χ0n) is 16.8. The zero-order valence-corrected chi connectivity index (χ0v) is 17.5. The Morgan fingerprint density at radius 3 is 2.68 bits per heavy atom. The molecule has 0 spiro atoms. The first-order chi connectivity index (χ1) is 14.9. The smallest absolute Gasteiger partial charge is 0.306 e. The molecule has 3 rings (SSSR count). The van der Waals surface area contributed by atoms with E-state index in [0.717, 1.165) is 5.56 Å². The summed E-state index contributed by atoms with van der Waals surface area (Å²) in [5.74, 6) is -0.592. The summed E-state index contributed by atoms with van der Waals surface area (Å²) in [6, 6.07) is 8.86. The number of ether oxygens (including phenoxy) is 2. The van der Waals surface area contributed by atoms with Crippen molar-refractivity contribution in [2.24, 2.45) is 0 Å². The van der Waals surface area contributed by atoms with E-state index in [0.29, 0.717) is 22.0 Å². The molecule has 0 aliphatic carbocycles. The van der Waals surface area contributed by atoms with Crippen molar-refractivity contribution >= 4 is 29.2 Å². The molecule has 3 aromatic rings. The topological polar surface area (TPSA) is 104 Å². The molecule has 0 unspecified atom stereocenters. The van der Waals surface area contributed by atoms with Crippen molar-refractivity contribution in [1.82, 2.24) is 10.1 Å². The van der Waals surface area contributed by atoms with Crippen LogP contribution in [0.2, 0.25) is 5.02 Å². The third kappa shape index (κ3) is 6.02. The van der Waals surface area contributed by atoms with Crippen molar-refractivity contribution in [3.05, 3.63) is 58.7 Å². The first-order valence-corrected chi connectivity index (χ1v) is 9.61. The lowest BCUT2D eigenvalue weighted by Gasteiger charge is -2.12. The highest BCUT2D eigenvalue weighted by Crippen LogP contribution is 2.30. The number of hydrogen-bond acceptors (Lipinski definition) is 7. The Labute approximate surface area is 182 Å². The maximum absolute atomic E-state index is 13.0. The van der Waals surface area contributed by atoms with Crippen molar-refractivity contribution in [3.8, 4) is 17.1 Å². The zero-order chi connectivity index (χ0) is 22.4. The Hall–Kier alpha value is -3.46. The number of amides is 1. The lowest BCUT2D eigenvalue weighted by molar-refractivity contribution is -0.147. The van der Waals surface area contributed by atoms with E-state index in [1.54, 1.807) is 19.1 Å². The van der Waals surface area contributed by atoms with Crippen molar-refractivity contribution in [3.63, 3.8) is 0 Å². The van der Waals surface area contributed by atoms with E-state index >= 15 is 0 Å². The highest BCUT2D eigenvalue weighted by Gasteiger charge is 2.14. The second-order valence-electron chi connectivity index (χ2n) is 6.53. The van der Waals surface area contributed by atoms with Crippen molar-refractivity contribution < 1.29 is 28.0 Å². The molecular weight excluding hydrogens is 429 g/mol. The van der Waals surface area contributed by atoms with E-state index in [4.69, 9.17) is 25.6 Å². The largest absolute Gasteiger partial charge is 0.495 e. The van der Waals surface area contributed by atoms with Crippen LogP contribution >= 0.6 is 11.6 Å². The Kier molecular flexibility index (Phi) is 7.19. The van der Waals surface area contributed by atoms with E-state index in [2.05, 4.69) is 15.5 Å². The number of benzene rings is 2. The van der Waals surface area contributed by atoms with E-state index in [1.807, 2.05) is 0 Å². The van der Waals surface area contributed by atoms with Gasteiger partial charge in [-0.1, -0.05) is 16.8 Å². The van der Waals surface area contributed by atoms with Crippen LogP contribution in [0.5, 0.6) is 5.75 Å². The fraction of sp³-hybridized carbons (Fsp3) is 0.238. The summed E-state index contributed by atoms with van der Waals surface area (Å²) in [6.45, 7) is 1.32. The molecule has 2 aromatic carbocycles. The van der Waals surface area contributed by atoms with Crippen LogP contribution < -0.4 is 10.1 Å². The van der Waals surface area contributed by atoms with Gasteiger partial charge in [-0.2, -0.15) is 4.98 Å². The van der Waals surface area contributed by atoms with Gasteiger partial charge in [0.05, 0.1) is 19.2 Å². The van der Waals surface area contributed by atoms with Gasteiger partial charge in [0, 0.05) is 23.1 Å². The summed E-state index contributed by atoms with van der Waals surface area (Å²) in [4.78, 5) is 28.2. The summed E-state index contributed by atoms with van der Waals surface area (Å²) in [5.41, 5.74) is 1.77. The summed E-state index contributed by atoms with van der Waals surface area (Å²) in [6.07, 6.45) is 0.0839. The van der Waals surface area contributed by atoms with Gasteiger partial charge in [-0.3, -0.25) is 9.59 Å². The van der Waals surface area contributed by atoms with Crippen LogP contribution in [0.1, 0.15) is 17.9 Å². The van der Waals surface area contributed by atoms with Crippen LogP contribution in [-0.2, 0) is 20.7 Å². The van der Waals surface area contributed by atoms with Crippen molar-refractivity contribution in [1.29, 1.82) is 0 Å². The molecule has 162 valence electrons. The number of anilines is 1. The fourth-order valence-corrected chi connectivity index (χ4v) is 2.77. The van der Waals surface area contributed by atoms with E-state index in [9.17, 15) is 14.0 Å². The van der Waals surface area contributed by atoms with Gasteiger partial charge >= 0.3 is 5.97 Å². The molecule has 8 nitrogen and oxygen atoms in total. The number of hydrogen-bond donors (Lipinski definition) is 1. The predicted octanol–water partition coefficient (Wildman–Crippen LogP) is 3.96. The molecule has 10 heteroatoms. The number of nitrogens with one attached hydrogen (secondary N) is 1. The van der Waals surface area contributed by atoms with Gasteiger partial charge in [0.2, 0.25) is 11.7 Å². The molecule has 0 radical (unpaired) electrons. The molecule has 0 aliphatic rings. The SMILES string of the molecule is COc1cc(Cl)c(C)cc1NC(=O)COC(=O)CCc1nc(-c2ccc(F)cc2)no1. The normalized spacial score (nSPS) is 10.6. The van der Waals surface area contributed by atoms with E-state index in [-0.39, 0.29) is 30.4 Å². The lowest BCUT2D eigenvalue weighted by Crippen LogP contribution is -2.21. The summed E-state index contributed by atoms with van der Waals surface area (Å²) in [7, 11) is 1.45. The molecule has 1 amide bonds. The number of halogens is 2. The highest BCUT2D eigenvalue weighted by molar-refractivity contribution is 6.31. The third-order valence-corrected chi connectivity index (χ3v) is 4.64. The van der Waals surface area contributed by atoms with E-state index < -0.39 is 18.5 Å². The fourth-order valence-electron chi connectivity index (χ4n) is 2.62. The summed E-state index contributed by atoms with van der Waals surface area (Å²) >= 11 is 6.04. The van der Waals surface area contributed by atoms with Crippen LogP contribution in [0.25, 0.3) is 11.4 Å². The minimum atomic E-state index is -0.601. The van der Waals surface area contributed by atoms with Gasteiger partial charge in [0.15, 0.2) is 6.61 Å². The van der Waals surface area contributed by atoms with Gasteiger partial charge in [-0.15, -0.1) is 0 Å². The minimum absolute atomic E-state index is 0.0539.